The molecule has 3 aromatic rings. The SMILES string of the molecule is CCCCCNc1nc(N)nc2ccn(Cc3ccc(CN4CCOC5(CN(C)C5)C4)cc3OC)c12. The maximum Gasteiger partial charge on any atom is 0.222 e. The standard InChI is InChI=1S/C27H39N7O2/c1-4-5-6-10-29-25-24-22(30-26(28)31-25)9-11-34(24)16-21-8-7-20(14-23(21)35-3)15-33-12-13-36-27(19-33)17-32(2)18-27/h7-9,11,14H,4-6,10,12-13,15-19H2,1-3H3,(H3,28,29,30,31). The molecule has 5 rings (SSSR count). The number of aromatic nitrogens is 3. The molecule has 2 saturated heterocycles. The normalized spacial score (nSPS) is 18.0. The minimum absolute atomic E-state index is 0.0141. The molecule has 0 amide bonds. The molecule has 0 aliphatic carbocycles. The Bertz CT molecular complexity index is 1180. The first kappa shape index (κ1) is 24.8. The maximum atomic E-state index is 6.12. The summed E-state index contributed by atoms with van der Waals surface area (Å²) in [5, 5.41) is 3.48. The lowest BCUT2D eigenvalue weighted by molar-refractivity contribution is -0.178. The van der Waals surface area contributed by atoms with Crippen LogP contribution in [0.4, 0.5) is 11.8 Å². The minimum atomic E-state index is 0.0141. The average molecular weight is 494 g/mol. The number of ether oxygens (including phenoxy) is 2. The van der Waals surface area contributed by atoms with Crippen molar-refractivity contribution in [3.63, 3.8) is 0 Å². The molecule has 9 nitrogen and oxygen atoms in total. The highest BCUT2D eigenvalue weighted by molar-refractivity contribution is 5.87. The highest BCUT2D eigenvalue weighted by Gasteiger charge is 2.45. The summed E-state index contributed by atoms with van der Waals surface area (Å²) in [5.74, 6) is 1.98. The van der Waals surface area contributed by atoms with Crippen molar-refractivity contribution in [2.45, 2.75) is 44.9 Å². The highest BCUT2D eigenvalue weighted by atomic mass is 16.5. The topological polar surface area (TPSA) is 93.7 Å². The van der Waals surface area contributed by atoms with Gasteiger partial charge in [-0.1, -0.05) is 31.9 Å². The summed E-state index contributed by atoms with van der Waals surface area (Å²) < 4.78 is 14.1. The third-order valence-electron chi connectivity index (χ3n) is 7.24. The van der Waals surface area contributed by atoms with E-state index in [1.807, 2.05) is 12.3 Å². The zero-order valence-electron chi connectivity index (χ0n) is 21.8. The van der Waals surface area contributed by atoms with E-state index in [0.717, 1.165) is 80.5 Å². The molecule has 1 aromatic carbocycles. The van der Waals surface area contributed by atoms with Crippen molar-refractivity contribution in [2.24, 2.45) is 0 Å². The number of unbranched alkanes of at least 4 members (excludes halogenated alkanes) is 2. The Hall–Kier alpha value is -2.88. The molecule has 4 heterocycles. The molecule has 36 heavy (non-hydrogen) atoms. The fourth-order valence-electron chi connectivity index (χ4n) is 5.61. The smallest absolute Gasteiger partial charge is 0.222 e. The van der Waals surface area contributed by atoms with Crippen molar-refractivity contribution in [3.8, 4) is 5.75 Å². The molecule has 3 N–H and O–H groups in total. The summed E-state index contributed by atoms with van der Waals surface area (Å²) in [6.07, 6.45) is 5.51. The van der Waals surface area contributed by atoms with E-state index in [-0.39, 0.29) is 5.60 Å². The lowest BCUT2D eigenvalue weighted by atomic mass is 9.92. The number of hydrogen-bond donors (Lipinski definition) is 2. The van der Waals surface area contributed by atoms with Crippen molar-refractivity contribution in [1.82, 2.24) is 24.3 Å². The van der Waals surface area contributed by atoms with Crippen molar-refractivity contribution < 1.29 is 9.47 Å². The van der Waals surface area contributed by atoms with Crippen molar-refractivity contribution >= 4 is 22.8 Å². The number of morpholine rings is 1. The lowest BCUT2D eigenvalue weighted by Crippen LogP contribution is -2.68. The predicted octanol–water partition coefficient (Wildman–Crippen LogP) is 3.19. The Labute approximate surface area is 213 Å². The molecule has 0 atom stereocenters. The van der Waals surface area contributed by atoms with E-state index in [9.17, 15) is 0 Å². The first-order valence-electron chi connectivity index (χ1n) is 13.1. The Morgan fingerprint density at radius 1 is 1.14 bits per heavy atom. The fourth-order valence-corrected chi connectivity index (χ4v) is 5.61. The molecule has 0 bridgehead atoms. The molecule has 0 unspecified atom stereocenters. The van der Waals surface area contributed by atoms with Crippen LogP contribution in [0.1, 0.15) is 37.3 Å². The van der Waals surface area contributed by atoms with Crippen LogP contribution in [0.25, 0.3) is 11.0 Å². The second kappa shape index (κ2) is 10.6. The van der Waals surface area contributed by atoms with E-state index in [2.05, 4.69) is 61.8 Å². The number of likely N-dealkylation sites (tertiary alicyclic amines) is 1. The molecule has 2 fully saturated rings. The van der Waals surface area contributed by atoms with Gasteiger partial charge in [0.1, 0.15) is 16.9 Å². The van der Waals surface area contributed by atoms with Crippen LogP contribution in [0.2, 0.25) is 0 Å². The Kier molecular flexibility index (Phi) is 7.32. The van der Waals surface area contributed by atoms with E-state index in [1.54, 1.807) is 7.11 Å². The van der Waals surface area contributed by atoms with Gasteiger partial charge in [-0.15, -0.1) is 0 Å². The van der Waals surface area contributed by atoms with Gasteiger partial charge in [0.15, 0.2) is 5.82 Å². The second-order valence-electron chi connectivity index (χ2n) is 10.3. The van der Waals surface area contributed by atoms with E-state index in [0.29, 0.717) is 12.5 Å². The molecule has 2 aliphatic heterocycles. The molecule has 194 valence electrons. The first-order valence-corrected chi connectivity index (χ1v) is 13.1. The molecule has 2 aromatic heterocycles. The number of fused-ring (bicyclic) bond motifs is 1. The third-order valence-corrected chi connectivity index (χ3v) is 7.24. The summed E-state index contributed by atoms with van der Waals surface area (Å²) in [4.78, 5) is 13.8. The van der Waals surface area contributed by atoms with Crippen LogP contribution in [0, 0.1) is 0 Å². The van der Waals surface area contributed by atoms with Crippen molar-refractivity contribution in [3.05, 3.63) is 41.6 Å². The van der Waals surface area contributed by atoms with Crippen LogP contribution in [-0.2, 0) is 17.8 Å². The molecule has 1 spiro atoms. The number of nitrogens with one attached hydrogen (secondary N) is 1. The van der Waals surface area contributed by atoms with Gasteiger partial charge in [0.2, 0.25) is 5.95 Å². The van der Waals surface area contributed by atoms with Gasteiger partial charge in [0.05, 0.1) is 25.8 Å². The number of hydrogen-bond acceptors (Lipinski definition) is 8. The van der Waals surface area contributed by atoms with Crippen LogP contribution in [0.5, 0.6) is 5.75 Å². The van der Waals surface area contributed by atoms with Gasteiger partial charge >= 0.3 is 0 Å². The van der Waals surface area contributed by atoms with Gasteiger partial charge in [0, 0.05) is 51.0 Å². The van der Waals surface area contributed by atoms with Crippen LogP contribution < -0.4 is 15.8 Å². The van der Waals surface area contributed by atoms with E-state index < -0.39 is 0 Å². The van der Waals surface area contributed by atoms with E-state index >= 15 is 0 Å². The number of likely N-dealkylation sites (N-methyl/N-ethyl adjacent to an activating group) is 1. The molecular formula is C27H39N7O2. The first-order chi connectivity index (χ1) is 17.5. The zero-order chi connectivity index (χ0) is 25.1. The number of anilines is 2. The number of methoxy groups -OCH3 is 1. The van der Waals surface area contributed by atoms with Crippen LogP contribution >= 0.6 is 0 Å². The van der Waals surface area contributed by atoms with Gasteiger partial charge in [-0.25, -0.2) is 4.98 Å². The van der Waals surface area contributed by atoms with Gasteiger partial charge < -0.3 is 30.0 Å². The molecule has 9 heteroatoms. The average Bonchev–Trinajstić information content (AvgIpc) is 3.24. The summed E-state index contributed by atoms with van der Waals surface area (Å²) in [5.41, 5.74) is 10.2. The fraction of sp³-hybridized carbons (Fsp3) is 0.556. The number of benzene rings is 1. The Balaban J connectivity index is 1.32. The minimum Gasteiger partial charge on any atom is -0.496 e. The third kappa shape index (κ3) is 5.28. The summed E-state index contributed by atoms with van der Waals surface area (Å²) in [6.45, 7) is 9.40. The summed E-state index contributed by atoms with van der Waals surface area (Å²) in [7, 11) is 3.90. The molecular weight excluding hydrogens is 454 g/mol. The number of nitrogens with zero attached hydrogens (tertiary/aromatic N) is 5. The largest absolute Gasteiger partial charge is 0.496 e. The summed E-state index contributed by atoms with van der Waals surface area (Å²) >= 11 is 0. The molecule has 2 aliphatic rings. The Morgan fingerprint density at radius 2 is 2.00 bits per heavy atom. The molecule has 0 radical (unpaired) electrons. The summed E-state index contributed by atoms with van der Waals surface area (Å²) in [6, 6.07) is 8.57. The lowest BCUT2D eigenvalue weighted by Gasteiger charge is -2.52. The van der Waals surface area contributed by atoms with Gasteiger partial charge in [0.25, 0.3) is 0 Å². The molecule has 0 saturated carbocycles. The maximum absolute atomic E-state index is 6.12. The quantitative estimate of drug-likeness (QED) is 0.416. The van der Waals surface area contributed by atoms with Crippen molar-refractivity contribution in [1.29, 1.82) is 0 Å². The van der Waals surface area contributed by atoms with Crippen molar-refractivity contribution in [2.75, 3.05) is 64.5 Å². The van der Waals surface area contributed by atoms with Crippen LogP contribution in [-0.4, -0.2) is 83.4 Å². The number of nitrogen functional groups attached to an aromatic ring is 1. The van der Waals surface area contributed by atoms with E-state index in [1.165, 1.54) is 18.4 Å². The van der Waals surface area contributed by atoms with E-state index in [4.69, 9.17) is 15.2 Å². The monoisotopic (exact) mass is 493 g/mol. The Morgan fingerprint density at radius 3 is 2.78 bits per heavy atom. The van der Waals surface area contributed by atoms with Gasteiger partial charge in [-0.2, -0.15) is 4.98 Å². The highest BCUT2D eigenvalue weighted by Crippen LogP contribution is 2.30. The predicted molar refractivity (Wildman–Crippen MR) is 144 cm³/mol. The van der Waals surface area contributed by atoms with Gasteiger partial charge in [-0.3, -0.25) is 4.90 Å². The van der Waals surface area contributed by atoms with Crippen LogP contribution in [0.3, 0.4) is 0 Å². The zero-order valence-corrected chi connectivity index (χ0v) is 21.8. The van der Waals surface area contributed by atoms with Crippen LogP contribution in [0.15, 0.2) is 30.5 Å². The number of rotatable bonds is 10. The van der Waals surface area contributed by atoms with Gasteiger partial charge in [-0.05, 0) is 31.2 Å². The second-order valence-corrected chi connectivity index (χ2v) is 10.3. The number of nitrogens with two attached hydrogens (primary N) is 1.